The average molecular weight is 442 g/mol. The largest absolute Gasteiger partial charge is 0.476 e. The summed E-state index contributed by atoms with van der Waals surface area (Å²) >= 11 is 2.88. The second-order valence-corrected chi connectivity index (χ2v) is 10.8. The molecule has 0 radical (unpaired) electrons. The maximum Gasteiger partial charge on any atom is 0.355 e. The maximum atomic E-state index is 12.4. The van der Waals surface area contributed by atoms with E-state index in [1.807, 2.05) is 4.90 Å². The highest BCUT2D eigenvalue weighted by molar-refractivity contribution is 8.01. The van der Waals surface area contributed by atoms with Crippen molar-refractivity contribution in [2.75, 3.05) is 31.9 Å². The van der Waals surface area contributed by atoms with E-state index < -0.39 is 5.97 Å². The zero-order valence-electron chi connectivity index (χ0n) is 18.1. The van der Waals surface area contributed by atoms with E-state index in [0.717, 1.165) is 36.1 Å². The summed E-state index contributed by atoms with van der Waals surface area (Å²) in [7, 11) is 0. The van der Waals surface area contributed by atoms with Gasteiger partial charge in [0.05, 0.1) is 0 Å². The third-order valence-corrected chi connectivity index (χ3v) is 7.23. The Morgan fingerprint density at radius 3 is 2.52 bits per heavy atom. The molecule has 8 heteroatoms. The maximum absolute atomic E-state index is 12.4. The van der Waals surface area contributed by atoms with Crippen LogP contribution in [0.3, 0.4) is 0 Å². The third-order valence-electron chi connectivity index (χ3n) is 5.23. The fourth-order valence-corrected chi connectivity index (χ4v) is 5.23. The molecule has 1 aromatic heterocycles. The average Bonchev–Trinajstić information content (AvgIpc) is 3.25. The third kappa shape index (κ3) is 8.26. The van der Waals surface area contributed by atoms with E-state index in [0.29, 0.717) is 24.8 Å². The van der Waals surface area contributed by atoms with Crippen LogP contribution < -0.4 is 0 Å². The van der Waals surface area contributed by atoms with Crippen LogP contribution in [0.2, 0.25) is 0 Å². The lowest BCUT2D eigenvalue weighted by Gasteiger charge is -2.31. The minimum absolute atomic E-state index is 0.0959. The topological polar surface area (TPSA) is 73.7 Å². The Morgan fingerprint density at radius 2 is 1.97 bits per heavy atom. The molecule has 0 aliphatic carbocycles. The number of aromatic carboxylic acids is 1. The van der Waals surface area contributed by atoms with E-state index in [9.17, 15) is 9.59 Å². The van der Waals surface area contributed by atoms with Gasteiger partial charge in [-0.05, 0) is 44.2 Å². The summed E-state index contributed by atoms with van der Waals surface area (Å²) in [6.45, 7) is 12.9. The molecule has 0 spiro atoms. The standard InChI is InChI=1S/C21H35N3O3S2/c1-15(2)7-9-23(10-8-16(3)4)13-17-5-6-19(25)24(17)11-12-28-21-22-18(14-29-21)20(26)27/h14-17H,5-13H2,1-4H3,(H,26,27). The predicted molar refractivity (Wildman–Crippen MR) is 120 cm³/mol. The predicted octanol–water partition coefficient (Wildman–Crippen LogP) is 4.32. The number of thiazole rings is 1. The number of nitrogens with zero attached hydrogens (tertiary/aromatic N) is 3. The van der Waals surface area contributed by atoms with Crippen molar-refractivity contribution in [1.82, 2.24) is 14.8 Å². The van der Waals surface area contributed by atoms with Gasteiger partial charge in [0.25, 0.3) is 0 Å². The fraction of sp³-hybridized carbons (Fsp3) is 0.762. The zero-order valence-corrected chi connectivity index (χ0v) is 19.7. The van der Waals surface area contributed by atoms with Gasteiger partial charge in [0.1, 0.15) is 0 Å². The number of likely N-dealkylation sites (tertiary alicyclic amines) is 1. The number of rotatable bonds is 13. The summed E-state index contributed by atoms with van der Waals surface area (Å²) in [6.07, 6.45) is 3.94. The normalized spacial score (nSPS) is 17.3. The van der Waals surface area contributed by atoms with Crippen LogP contribution in [0.25, 0.3) is 0 Å². The lowest BCUT2D eigenvalue weighted by Crippen LogP contribution is -2.43. The Kier molecular flexibility index (Phi) is 9.92. The highest BCUT2D eigenvalue weighted by Crippen LogP contribution is 2.25. The van der Waals surface area contributed by atoms with Crippen LogP contribution >= 0.6 is 23.1 Å². The zero-order chi connectivity index (χ0) is 21.4. The first-order chi connectivity index (χ1) is 13.8. The molecule has 6 nitrogen and oxygen atoms in total. The Bertz CT molecular complexity index is 651. The molecule has 1 unspecified atom stereocenters. The van der Waals surface area contributed by atoms with Crippen molar-refractivity contribution in [1.29, 1.82) is 0 Å². The number of carboxylic acids is 1. The molecule has 2 heterocycles. The molecule has 0 aromatic carbocycles. The molecule has 1 saturated heterocycles. The molecule has 0 saturated carbocycles. The van der Waals surface area contributed by atoms with Crippen molar-refractivity contribution < 1.29 is 14.7 Å². The van der Waals surface area contributed by atoms with E-state index in [1.165, 1.54) is 35.9 Å². The monoisotopic (exact) mass is 441 g/mol. The van der Waals surface area contributed by atoms with Gasteiger partial charge >= 0.3 is 5.97 Å². The van der Waals surface area contributed by atoms with Gasteiger partial charge in [-0.2, -0.15) is 0 Å². The van der Waals surface area contributed by atoms with Crippen molar-refractivity contribution in [2.45, 2.75) is 63.8 Å². The van der Waals surface area contributed by atoms with Crippen LogP contribution in [0.15, 0.2) is 9.72 Å². The molecule has 1 aliphatic rings. The SMILES string of the molecule is CC(C)CCN(CCC(C)C)CC1CCC(=O)N1CCSc1nc(C(=O)O)cs1. The summed E-state index contributed by atoms with van der Waals surface area (Å²) in [6, 6.07) is 0.285. The number of carboxylic acid groups (broad SMARTS) is 1. The van der Waals surface area contributed by atoms with Crippen LogP contribution in [0.4, 0.5) is 0 Å². The Balaban J connectivity index is 1.88. The quantitative estimate of drug-likeness (QED) is 0.460. The molecule has 1 atom stereocenters. The Morgan fingerprint density at radius 1 is 1.31 bits per heavy atom. The number of hydrogen-bond acceptors (Lipinski definition) is 6. The number of carbonyl (C=O) groups excluding carboxylic acids is 1. The van der Waals surface area contributed by atoms with Gasteiger partial charge in [-0.15, -0.1) is 11.3 Å². The Hall–Kier alpha value is -1.12. The van der Waals surface area contributed by atoms with E-state index in [4.69, 9.17) is 5.11 Å². The van der Waals surface area contributed by atoms with Gasteiger partial charge in [-0.25, -0.2) is 9.78 Å². The van der Waals surface area contributed by atoms with E-state index >= 15 is 0 Å². The van der Waals surface area contributed by atoms with E-state index in [-0.39, 0.29) is 17.6 Å². The van der Waals surface area contributed by atoms with Gasteiger partial charge in [0.2, 0.25) is 5.91 Å². The lowest BCUT2D eigenvalue weighted by atomic mass is 10.1. The number of hydrogen-bond donors (Lipinski definition) is 1. The molecule has 1 aliphatic heterocycles. The van der Waals surface area contributed by atoms with Gasteiger partial charge in [0.15, 0.2) is 10.0 Å². The number of aromatic nitrogens is 1. The molecule has 164 valence electrons. The van der Waals surface area contributed by atoms with Gasteiger partial charge in [-0.3, -0.25) is 4.79 Å². The summed E-state index contributed by atoms with van der Waals surface area (Å²) < 4.78 is 0.751. The minimum atomic E-state index is -0.995. The smallest absolute Gasteiger partial charge is 0.355 e. The second kappa shape index (κ2) is 11.9. The number of thioether (sulfide) groups is 1. The van der Waals surface area contributed by atoms with Crippen molar-refractivity contribution in [3.8, 4) is 0 Å². The van der Waals surface area contributed by atoms with Gasteiger partial charge < -0.3 is 14.9 Å². The molecule has 1 fully saturated rings. The molecule has 2 rings (SSSR count). The number of carbonyl (C=O) groups is 2. The summed E-state index contributed by atoms with van der Waals surface area (Å²) in [5, 5.41) is 10.5. The second-order valence-electron chi connectivity index (χ2n) is 8.60. The lowest BCUT2D eigenvalue weighted by molar-refractivity contribution is -0.128. The van der Waals surface area contributed by atoms with E-state index in [1.54, 1.807) is 5.38 Å². The first-order valence-corrected chi connectivity index (χ1v) is 12.5. The summed E-state index contributed by atoms with van der Waals surface area (Å²) in [4.78, 5) is 32.1. The van der Waals surface area contributed by atoms with Gasteiger partial charge in [-0.1, -0.05) is 39.5 Å². The summed E-state index contributed by atoms with van der Waals surface area (Å²) in [5.74, 6) is 1.36. The van der Waals surface area contributed by atoms with Crippen LogP contribution in [0, 0.1) is 11.8 Å². The van der Waals surface area contributed by atoms with Crippen LogP contribution in [-0.2, 0) is 4.79 Å². The molecular weight excluding hydrogens is 406 g/mol. The molecule has 1 aromatic rings. The van der Waals surface area contributed by atoms with Gasteiger partial charge in [0, 0.05) is 36.7 Å². The minimum Gasteiger partial charge on any atom is -0.476 e. The molecule has 29 heavy (non-hydrogen) atoms. The van der Waals surface area contributed by atoms with Crippen LogP contribution in [-0.4, -0.2) is 69.7 Å². The highest BCUT2D eigenvalue weighted by atomic mass is 32.2. The van der Waals surface area contributed by atoms with Crippen molar-refractivity contribution in [3.05, 3.63) is 11.1 Å². The molecule has 0 bridgehead atoms. The van der Waals surface area contributed by atoms with Crippen LogP contribution in [0.5, 0.6) is 0 Å². The number of amides is 1. The first-order valence-electron chi connectivity index (χ1n) is 10.6. The summed E-state index contributed by atoms with van der Waals surface area (Å²) in [5.41, 5.74) is 0.0959. The van der Waals surface area contributed by atoms with Crippen LogP contribution in [0.1, 0.15) is 63.9 Å². The van der Waals surface area contributed by atoms with Crippen molar-refractivity contribution in [3.63, 3.8) is 0 Å². The molecule has 1 amide bonds. The molecular formula is C21H35N3O3S2. The Labute approximate surface area is 183 Å². The fourth-order valence-electron chi connectivity index (χ4n) is 3.42. The highest BCUT2D eigenvalue weighted by Gasteiger charge is 2.31. The van der Waals surface area contributed by atoms with Crippen molar-refractivity contribution in [2.24, 2.45) is 11.8 Å². The van der Waals surface area contributed by atoms with Crippen molar-refractivity contribution >= 4 is 35.0 Å². The molecule has 1 N–H and O–H groups in total. The van der Waals surface area contributed by atoms with E-state index in [2.05, 4.69) is 37.6 Å². The first kappa shape index (κ1) is 24.2.